The molecule has 1 aromatic carbocycles. The Morgan fingerprint density at radius 2 is 1.81 bits per heavy atom. The van der Waals surface area contributed by atoms with Crippen LogP contribution < -0.4 is 0 Å². The molecule has 1 rings (SSSR count). The Kier molecular flexibility index (Phi) is 4.06. The summed E-state index contributed by atoms with van der Waals surface area (Å²) in [5.74, 6) is 0. The average Bonchev–Trinajstić information content (AvgIpc) is 2.27. The van der Waals surface area contributed by atoms with Crippen LogP contribution in [-0.4, -0.2) is 14.1 Å². The van der Waals surface area contributed by atoms with E-state index >= 15 is 0 Å². The van der Waals surface area contributed by atoms with Gasteiger partial charge in [-0.2, -0.15) is 8.42 Å². The highest BCUT2D eigenvalue weighted by Crippen LogP contribution is 2.14. The molecule has 0 spiro atoms. The number of rotatable bonds is 4. The summed E-state index contributed by atoms with van der Waals surface area (Å²) in [5.41, 5.74) is 1.63. The van der Waals surface area contributed by atoms with Gasteiger partial charge in [-0.3, -0.25) is 4.28 Å². The molecule has 0 atom stereocenters. The van der Waals surface area contributed by atoms with Crippen molar-refractivity contribution in [1.29, 1.82) is 0 Å². The van der Waals surface area contributed by atoms with Crippen molar-refractivity contribution in [2.75, 3.05) is 0 Å². The fourth-order valence-electron chi connectivity index (χ4n) is 1.06. The molecule has 88 valence electrons. The summed E-state index contributed by atoms with van der Waals surface area (Å²) in [6.07, 6.45) is 0.868. The summed E-state index contributed by atoms with van der Waals surface area (Å²) in [6, 6.07) is 6.57. The third kappa shape index (κ3) is 3.34. The highest BCUT2D eigenvalue weighted by atomic mass is 32.2. The van der Waals surface area contributed by atoms with E-state index in [0.29, 0.717) is 5.71 Å². The molecule has 0 saturated carbocycles. The van der Waals surface area contributed by atoms with Crippen LogP contribution >= 0.6 is 0 Å². The number of benzene rings is 1. The van der Waals surface area contributed by atoms with E-state index < -0.39 is 10.1 Å². The highest BCUT2D eigenvalue weighted by molar-refractivity contribution is 7.86. The van der Waals surface area contributed by atoms with E-state index in [4.69, 9.17) is 0 Å². The predicted molar refractivity (Wildman–Crippen MR) is 62.9 cm³/mol. The largest absolute Gasteiger partial charge is 0.358 e. The molecule has 0 N–H and O–H groups in total. The van der Waals surface area contributed by atoms with Crippen molar-refractivity contribution in [2.24, 2.45) is 5.16 Å². The van der Waals surface area contributed by atoms with Gasteiger partial charge in [-0.15, -0.1) is 0 Å². The maximum atomic E-state index is 11.6. The van der Waals surface area contributed by atoms with Gasteiger partial charge in [0.15, 0.2) is 0 Å². The summed E-state index contributed by atoms with van der Waals surface area (Å²) < 4.78 is 27.7. The van der Waals surface area contributed by atoms with Gasteiger partial charge in [0, 0.05) is 0 Å². The Morgan fingerprint density at radius 3 is 2.25 bits per heavy atom. The summed E-state index contributed by atoms with van der Waals surface area (Å²) in [5, 5.41) is 3.44. The molecule has 1 aromatic rings. The molecule has 0 radical (unpaired) electrons. The van der Waals surface area contributed by atoms with Crippen molar-refractivity contribution in [2.45, 2.75) is 32.1 Å². The van der Waals surface area contributed by atoms with Crippen LogP contribution in [0.15, 0.2) is 34.3 Å². The number of oxime groups is 1. The maximum absolute atomic E-state index is 11.6. The molecule has 0 aromatic heterocycles. The Bertz CT molecular complexity index is 470. The van der Waals surface area contributed by atoms with Crippen LogP contribution in [0.5, 0.6) is 0 Å². The van der Waals surface area contributed by atoms with E-state index in [2.05, 4.69) is 9.44 Å². The Labute approximate surface area is 96.1 Å². The van der Waals surface area contributed by atoms with Crippen molar-refractivity contribution in [3.8, 4) is 0 Å². The maximum Gasteiger partial charge on any atom is 0.358 e. The number of nitrogens with zero attached hydrogens (tertiary/aromatic N) is 1. The minimum atomic E-state index is -3.77. The molecule has 0 bridgehead atoms. The first-order valence-electron chi connectivity index (χ1n) is 4.99. The molecule has 0 amide bonds. The second-order valence-corrected chi connectivity index (χ2v) is 5.09. The molecule has 0 heterocycles. The zero-order valence-electron chi connectivity index (χ0n) is 9.60. The summed E-state index contributed by atoms with van der Waals surface area (Å²) in [7, 11) is -3.77. The topological polar surface area (TPSA) is 55.7 Å². The van der Waals surface area contributed by atoms with E-state index in [0.717, 1.165) is 12.0 Å². The Hall–Kier alpha value is -1.36. The molecule has 0 saturated heterocycles. The van der Waals surface area contributed by atoms with Crippen LogP contribution in [0.3, 0.4) is 0 Å². The van der Waals surface area contributed by atoms with E-state index in [1.54, 1.807) is 26.0 Å². The first kappa shape index (κ1) is 12.7. The van der Waals surface area contributed by atoms with E-state index in [-0.39, 0.29) is 4.90 Å². The standard InChI is InChI=1S/C11H15NO3S/c1-4-10-5-7-11(8-6-10)16(13,14)15-12-9(2)3/h5-8H,4H2,1-3H3. The molecular weight excluding hydrogens is 226 g/mol. The monoisotopic (exact) mass is 241 g/mol. The molecule has 0 aliphatic heterocycles. The van der Waals surface area contributed by atoms with E-state index in [1.807, 2.05) is 6.92 Å². The van der Waals surface area contributed by atoms with Crippen molar-refractivity contribution in [3.05, 3.63) is 29.8 Å². The quantitative estimate of drug-likeness (QED) is 0.600. The van der Waals surface area contributed by atoms with Gasteiger partial charge in [0.1, 0.15) is 4.90 Å². The minimum Gasteiger partial charge on any atom is -0.265 e. The van der Waals surface area contributed by atoms with Crippen molar-refractivity contribution in [1.82, 2.24) is 0 Å². The van der Waals surface area contributed by atoms with E-state index in [9.17, 15) is 8.42 Å². The average molecular weight is 241 g/mol. The van der Waals surface area contributed by atoms with Crippen LogP contribution in [0.2, 0.25) is 0 Å². The number of hydrogen-bond acceptors (Lipinski definition) is 4. The highest BCUT2D eigenvalue weighted by Gasteiger charge is 2.15. The van der Waals surface area contributed by atoms with Crippen molar-refractivity contribution < 1.29 is 12.7 Å². The summed E-state index contributed by atoms with van der Waals surface area (Å²) in [6.45, 7) is 5.33. The normalized spacial score (nSPS) is 10.9. The zero-order valence-corrected chi connectivity index (χ0v) is 10.4. The smallest absolute Gasteiger partial charge is 0.265 e. The van der Waals surface area contributed by atoms with Gasteiger partial charge in [0.25, 0.3) is 0 Å². The SMILES string of the molecule is CCc1ccc(S(=O)(=O)ON=C(C)C)cc1. The molecular formula is C11H15NO3S. The molecule has 0 unspecified atom stereocenters. The lowest BCUT2D eigenvalue weighted by atomic mass is 10.2. The number of hydrogen-bond donors (Lipinski definition) is 0. The third-order valence-corrected chi connectivity index (χ3v) is 3.06. The van der Waals surface area contributed by atoms with Gasteiger partial charge in [0.2, 0.25) is 0 Å². The summed E-state index contributed by atoms with van der Waals surface area (Å²) >= 11 is 0. The second kappa shape index (κ2) is 5.12. The molecule has 5 heteroatoms. The van der Waals surface area contributed by atoms with Gasteiger partial charge in [-0.25, -0.2) is 0 Å². The molecule has 0 aliphatic rings. The molecule has 16 heavy (non-hydrogen) atoms. The number of aryl methyl sites for hydroxylation is 1. The predicted octanol–water partition coefficient (Wildman–Crippen LogP) is 2.35. The van der Waals surface area contributed by atoms with Gasteiger partial charge in [0.05, 0.1) is 5.71 Å². The van der Waals surface area contributed by atoms with Crippen molar-refractivity contribution in [3.63, 3.8) is 0 Å². The fourth-order valence-corrected chi connectivity index (χ4v) is 1.86. The van der Waals surface area contributed by atoms with Crippen LogP contribution in [0, 0.1) is 0 Å². The first-order chi connectivity index (χ1) is 7.45. The van der Waals surface area contributed by atoms with Crippen LogP contribution in [0.1, 0.15) is 26.3 Å². The van der Waals surface area contributed by atoms with Crippen molar-refractivity contribution >= 4 is 15.8 Å². The van der Waals surface area contributed by atoms with E-state index in [1.165, 1.54) is 12.1 Å². The van der Waals surface area contributed by atoms with Gasteiger partial charge in [-0.1, -0.05) is 24.2 Å². The molecule has 0 aliphatic carbocycles. The summed E-state index contributed by atoms with van der Waals surface area (Å²) in [4.78, 5) is 0.120. The minimum absolute atomic E-state index is 0.120. The van der Waals surface area contributed by atoms with Gasteiger partial charge in [-0.05, 0) is 38.0 Å². The third-order valence-electron chi connectivity index (χ3n) is 1.94. The Balaban J connectivity index is 2.94. The Morgan fingerprint density at radius 1 is 1.25 bits per heavy atom. The first-order valence-corrected chi connectivity index (χ1v) is 6.40. The molecule has 0 fully saturated rings. The fraction of sp³-hybridized carbons (Fsp3) is 0.364. The lowest BCUT2D eigenvalue weighted by Crippen LogP contribution is -2.03. The van der Waals surface area contributed by atoms with Gasteiger partial charge < -0.3 is 0 Å². The molecule has 4 nitrogen and oxygen atoms in total. The van der Waals surface area contributed by atoms with Crippen LogP contribution in [0.25, 0.3) is 0 Å². The lowest BCUT2D eigenvalue weighted by Gasteiger charge is -2.02. The van der Waals surface area contributed by atoms with Crippen LogP contribution in [-0.2, 0) is 20.8 Å². The second-order valence-electron chi connectivity index (χ2n) is 3.56. The zero-order chi connectivity index (χ0) is 12.2. The van der Waals surface area contributed by atoms with Gasteiger partial charge >= 0.3 is 10.1 Å². The van der Waals surface area contributed by atoms with Crippen LogP contribution in [0.4, 0.5) is 0 Å². The lowest BCUT2D eigenvalue weighted by molar-refractivity contribution is 0.338.